The molecule has 0 saturated heterocycles. The zero-order valence-electron chi connectivity index (χ0n) is 8.95. The highest BCUT2D eigenvalue weighted by Gasteiger charge is 1.87. The zero-order valence-corrected chi connectivity index (χ0v) is 8.95. The Kier molecular flexibility index (Phi) is 24.4. The Labute approximate surface area is 80.1 Å². The van der Waals surface area contributed by atoms with Crippen LogP contribution in [0.5, 0.6) is 0 Å². The molecule has 5 nitrogen and oxygen atoms in total. The lowest BCUT2D eigenvalue weighted by Crippen LogP contribution is -2.05. The van der Waals surface area contributed by atoms with Crippen LogP contribution in [-0.2, 0) is 4.79 Å². The van der Waals surface area contributed by atoms with Gasteiger partial charge in [-0.3, -0.25) is 4.79 Å². The van der Waals surface area contributed by atoms with Gasteiger partial charge in [0.2, 0.25) is 0 Å². The molecule has 0 unspecified atom stereocenters. The number of hydrogen-bond donors (Lipinski definition) is 3. The zero-order chi connectivity index (χ0) is 11.3. The molecule has 0 bridgehead atoms. The van der Waals surface area contributed by atoms with Gasteiger partial charge in [-0.2, -0.15) is 5.06 Å². The van der Waals surface area contributed by atoms with Crippen LogP contribution in [0.2, 0.25) is 0 Å². The molecule has 0 amide bonds. The fourth-order valence-corrected chi connectivity index (χ4v) is 0.123. The maximum absolute atomic E-state index is 9.52. The van der Waals surface area contributed by atoms with E-state index in [2.05, 4.69) is 13.8 Å². The van der Waals surface area contributed by atoms with E-state index in [1.54, 1.807) is 14.1 Å². The molecule has 0 rings (SSSR count). The normalized spacial score (nSPS) is 7.92. The van der Waals surface area contributed by atoms with E-state index in [0.29, 0.717) is 0 Å². The van der Waals surface area contributed by atoms with Crippen molar-refractivity contribution in [3.05, 3.63) is 0 Å². The number of carbonyl (C=O) groups is 1. The lowest BCUT2D eigenvalue weighted by Gasteiger charge is -1.89. The lowest BCUT2D eigenvalue weighted by molar-refractivity contribution is -0.136. The summed E-state index contributed by atoms with van der Waals surface area (Å²) in [7, 11) is 3.11. The van der Waals surface area contributed by atoms with Gasteiger partial charge in [-0.05, 0) is 0 Å². The summed E-state index contributed by atoms with van der Waals surface area (Å²) < 4.78 is 0. The van der Waals surface area contributed by atoms with Gasteiger partial charge in [0.05, 0.1) is 6.42 Å². The largest absolute Gasteiger partial charge is 0.481 e. The van der Waals surface area contributed by atoms with Crippen LogP contribution in [-0.4, -0.2) is 42.0 Å². The first kappa shape index (κ1) is 18.2. The Hall–Kier alpha value is -0.650. The first-order chi connectivity index (χ1) is 5.92. The molecule has 82 valence electrons. The van der Waals surface area contributed by atoms with Crippen molar-refractivity contribution < 1.29 is 15.1 Å². The average molecular weight is 194 g/mol. The number of carboxylic acids is 1. The minimum Gasteiger partial charge on any atom is -0.481 e. The molecular weight excluding hydrogens is 172 g/mol. The second-order valence-corrected chi connectivity index (χ2v) is 2.49. The Bertz CT molecular complexity index is 94.6. The van der Waals surface area contributed by atoms with E-state index in [1.807, 2.05) is 0 Å². The second-order valence-electron chi connectivity index (χ2n) is 2.49. The Morgan fingerprint density at radius 3 is 1.62 bits per heavy atom. The highest BCUT2D eigenvalue weighted by Crippen LogP contribution is 1.67. The van der Waals surface area contributed by atoms with Crippen LogP contribution in [0.4, 0.5) is 0 Å². The fraction of sp³-hybridized carbons (Fsp3) is 0.875. The predicted molar refractivity (Wildman–Crippen MR) is 52.7 cm³/mol. The smallest absolute Gasteiger partial charge is 0.304 e. The minimum atomic E-state index is -0.836. The van der Waals surface area contributed by atoms with Crippen molar-refractivity contribution in [2.24, 2.45) is 5.73 Å². The summed E-state index contributed by atoms with van der Waals surface area (Å²) >= 11 is 0. The molecule has 0 radical (unpaired) electrons. The van der Waals surface area contributed by atoms with Crippen molar-refractivity contribution in [1.82, 2.24) is 5.06 Å². The van der Waals surface area contributed by atoms with Crippen molar-refractivity contribution >= 4 is 5.97 Å². The molecule has 0 saturated carbocycles. The number of nitrogens with two attached hydrogens (primary N) is 1. The molecule has 5 heteroatoms. The van der Waals surface area contributed by atoms with Gasteiger partial charge in [-0.25, -0.2) is 0 Å². The molecule has 0 aliphatic carbocycles. The summed E-state index contributed by atoms with van der Waals surface area (Å²) in [4.78, 5) is 9.52. The van der Waals surface area contributed by atoms with Gasteiger partial charge in [0.15, 0.2) is 0 Å². The monoisotopic (exact) mass is 194 g/mol. The van der Waals surface area contributed by atoms with Gasteiger partial charge in [-0.1, -0.05) is 20.3 Å². The predicted octanol–water partition coefficient (Wildman–Crippen LogP) is 0.773. The van der Waals surface area contributed by atoms with Gasteiger partial charge in [0.1, 0.15) is 0 Å². The summed E-state index contributed by atoms with van der Waals surface area (Å²) in [5.41, 5.74) is 4.85. The number of aliphatic carboxylic acids is 1. The maximum atomic E-state index is 9.52. The van der Waals surface area contributed by atoms with E-state index in [1.165, 1.54) is 6.42 Å². The van der Waals surface area contributed by atoms with Crippen molar-refractivity contribution in [2.45, 2.75) is 26.7 Å². The van der Waals surface area contributed by atoms with Gasteiger partial charge in [0, 0.05) is 20.6 Å². The first-order valence-electron chi connectivity index (χ1n) is 4.20. The topological polar surface area (TPSA) is 86.8 Å². The van der Waals surface area contributed by atoms with E-state index in [9.17, 15) is 4.79 Å². The molecular formula is C8H22N2O3. The van der Waals surface area contributed by atoms with E-state index in [4.69, 9.17) is 16.0 Å². The summed E-state index contributed by atoms with van der Waals surface area (Å²) in [5.74, 6) is -0.836. The van der Waals surface area contributed by atoms with Gasteiger partial charge < -0.3 is 16.0 Å². The van der Waals surface area contributed by atoms with E-state index in [0.717, 1.165) is 5.06 Å². The van der Waals surface area contributed by atoms with E-state index < -0.39 is 5.97 Å². The lowest BCUT2D eigenvalue weighted by atomic mass is 10.5. The van der Waals surface area contributed by atoms with Crippen LogP contribution in [0.15, 0.2) is 0 Å². The highest BCUT2D eigenvalue weighted by molar-refractivity contribution is 5.66. The fourth-order valence-electron chi connectivity index (χ4n) is 0.123. The third-order valence-electron chi connectivity index (χ3n) is 0.358. The molecule has 13 heavy (non-hydrogen) atoms. The number of hydroxylamine groups is 2. The Balaban J connectivity index is -0.000000125. The molecule has 0 aromatic carbocycles. The average Bonchev–Trinajstić information content (AvgIpc) is 1.86. The Morgan fingerprint density at radius 1 is 1.38 bits per heavy atom. The number of rotatable bonds is 2. The van der Waals surface area contributed by atoms with Gasteiger partial charge in [0.25, 0.3) is 0 Å². The number of carboxylic acid groups (broad SMARTS) is 1. The quantitative estimate of drug-likeness (QED) is 0.565. The summed E-state index contributed by atoms with van der Waals surface area (Å²) in [6, 6.07) is 0. The van der Waals surface area contributed by atoms with Crippen molar-refractivity contribution in [1.29, 1.82) is 0 Å². The van der Waals surface area contributed by atoms with Crippen LogP contribution in [0, 0.1) is 0 Å². The van der Waals surface area contributed by atoms with E-state index >= 15 is 0 Å². The number of nitrogens with zero attached hydrogens (tertiary/aromatic N) is 1. The molecule has 0 atom stereocenters. The SMILES string of the molecule is CCC.CN(C)O.NCCC(=O)O. The molecule has 0 aliphatic heterocycles. The summed E-state index contributed by atoms with van der Waals surface area (Å²) in [6.45, 7) is 4.48. The summed E-state index contributed by atoms with van der Waals surface area (Å²) in [5, 5.41) is 16.7. The van der Waals surface area contributed by atoms with E-state index in [-0.39, 0.29) is 13.0 Å². The van der Waals surface area contributed by atoms with Crippen LogP contribution in [0.25, 0.3) is 0 Å². The van der Waals surface area contributed by atoms with Crippen molar-refractivity contribution in [2.75, 3.05) is 20.6 Å². The summed E-state index contributed by atoms with van der Waals surface area (Å²) in [6.07, 6.45) is 1.32. The molecule has 0 fully saturated rings. The molecule has 0 aromatic heterocycles. The molecule has 0 aromatic rings. The molecule has 0 heterocycles. The van der Waals surface area contributed by atoms with Crippen LogP contribution >= 0.6 is 0 Å². The third kappa shape index (κ3) is 180. The minimum absolute atomic E-state index is 0.0694. The third-order valence-corrected chi connectivity index (χ3v) is 0.358. The first-order valence-corrected chi connectivity index (χ1v) is 4.20. The van der Waals surface area contributed by atoms with Crippen LogP contribution < -0.4 is 5.73 Å². The molecule has 4 N–H and O–H groups in total. The standard InChI is InChI=1S/C3H7NO2.C3H8.C2H7NO/c4-2-1-3(5)6;1-3-2;1-3(2)4/h1-2,4H2,(H,5,6);3H2,1-2H3;4H,1-2H3. The van der Waals surface area contributed by atoms with Gasteiger partial charge >= 0.3 is 5.97 Å². The number of hydrogen-bond acceptors (Lipinski definition) is 4. The molecule has 0 spiro atoms. The maximum Gasteiger partial charge on any atom is 0.304 e. The second kappa shape index (κ2) is 17.4. The Morgan fingerprint density at radius 2 is 1.62 bits per heavy atom. The van der Waals surface area contributed by atoms with Crippen LogP contribution in [0.3, 0.4) is 0 Å². The highest BCUT2D eigenvalue weighted by atomic mass is 16.5. The van der Waals surface area contributed by atoms with Crippen LogP contribution in [0.1, 0.15) is 26.7 Å². The van der Waals surface area contributed by atoms with Crippen molar-refractivity contribution in [3.8, 4) is 0 Å². The van der Waals surface area contributed by atoms with Crippen molar-refractivity contribution in [3.63, 3.8) is 0 Å². The molecule has 0 aliphatic rings. The van der Waals surface area contributed by atoms with Gasteiger partial charge in [-0.15, -0.1) is 0 Å².